The predicted molar refractivity (Wildman–Crippen MR) is 69.2 cm³/mol. The molecule has 2 aliphatic rings. The topological polar surface area (TPSA) is 12.5 Å². The van der Waals surface area contributed by atoms with E-state index in [-0.39, 0.29) is 0 Å². The molecule has 1 saturated carbocycles. The van der Waals surface area contributed by atoms with E-state index in [1.54, 1.807) is 0 Å². The van der Waals surface area contributed by atoms with Crippen molar-refractivity contribution in [2.75, 3.05) is 13.1 Å². The van der Waals surface area contributed by atoms with Crippen molar-refractivity contribution in [2.24, 2.45) is 0 Å². The lowest BCUT2D eigenvalue weighted by atomic mass is 9.96. The Hall–Kier alpha value is -1.02. The van der Waals surface area contributed by atoms with Crippen molar-refractivity contribution in [3.05, 3.63) is 29.8 Å². The first-order valence-electron chi connectivity index (χ1n) is 6.88. The Labute approximate surface area is 104 Å². The molecular weight excluding hydrogens is 210 g/mol. The van der Waals surface area contributed by atoms with Gasteiger partial charge in [0.15, 0.2) is 0 Å². The van der Waals surface area contributed by atoms with E-state index in [1.807, 2.05) is 0 Å². The molecule has 0 radical (unpaired) electrons. The van der Waals surface area contributed by atoms with Gasteiger partial charge >= 0.3 is 0 Å². The lowest BCUT2D eigenvalue weighted by Gasteiger charge is -2.26. The molecule has 1 saturated heterocycles. The molecule has 0 atom stereocenters. The third-order valence-corrected chi connectivity index (χ3v) is 3.88. The average molecular weight is 231 g/mol. The minimum Gasteiger partial charge on any atom is -0.490 e. The summed E-state index contributed by atoms with van der Waals surface area (Å²) < 4.78 is 5.86. The largest absolute Gasteiger partial charge is 0.490 e. The molecule has 3 rings (SSSR count). The lowest BCUT2D eigenvalue weighted by molar-refractivity contribution is 0.120. The van der Waals surface area contributed by atoms with Crippen LogP contribution in [0.4, 0.5) is 0 Å². The Bertz CT molecular complexity index is 350. The van der Waals surface area contributed by atoms with Crippen LogP contribution in [0.15, 0.2) is 24.3 Å². The summed E-state index contributed by atoms with van der Waals surface area (Å²) in [5, 5.41) is 0. The number of rotatable bonds is 4. The molecule has 0 N–H and O–H groups in total. The second kappa shape index (κ2) is 5.09. The monoisotopic (exact) mass is 231 g/mol. The lowest BCUT2D eigenvalue weighted by Crippen LogP contribution is -2.24. The Morgan fingerprint density at radius 2 is 1.71 bits per heavy atom. The molecule has 1 aliphatic heterocycles. The number of likely N-dealkylation sites (tertiary alicyclic amines) is 1. The van der Waals surface area contributed by atoms with E-state index >= 15 is 0 Å². The van der Waals surface area contributed by atoms with E-state index in [0.717, 1.165) is 12.3 Å². The summed E-state index contributed by atoms with van der Waals surface area (Å²) in [6, 6.07) is 8.69. The molecule has 0 aromatic heterocycles. The zero-order chi connectivity index (χ0) is 11.5. The third-order valence-electron chi connectivity index (χ3n) is 3.88. The van der Waals surface area contributed by atoms with Crippen molar-refractivity contribution in [1.29, 1.82) is 0 Å². The Morgan fingerprint density at radius 3 is 2.29 bits per heavy atom. The van der Waals surface area contributed by atoms with Gasteiger partial charge in [0, 0.05) is 6.54 Å². The van der Waals surface area contributed by atoms with E-state index in [4.69, 9.17) is 4.74 Å². The van der Waals surface area contributed by atoms with E-state index in [0.29, 0.717) is 6.10 Å². The van der Waals surface area contributed by atoms with Gasteiger partial charge in [-0.2, -0.15) is 0 Å². The molecule has 17 heavy (non-hydrogen) atoms. The smallest absolute Gasteiger partial charge is 0.119 e. The van der Waals surface area contributed by atoms with E-state index in [9.17, 15) is 0 Å². The van der Waals surface area contributed by atoms with Gasteiger partial charge < -0.3 is 4.74 Å². The van der Waals surface area contributed by atoms with Crippen LogP contribution in [0.3, 0.4) is 0 Å². The maximum atomic E-state index is 5.86. The van der Waals surface area contributed by atoms with Crippen molar-refractivity contribution in [3.8, 4) is 5.75 Å². The van der Waals surface area contributed by atoms with Gasteiger partial charge in [0.1, 0.15) is 5.75 Å². The minimum absolute atomic E-state index is 0.486. The number of ether oxygens (including phenoxy) is 1. The maximum Gasteiger partial charge on any atom is 0.119 e. The summed E-state index contributed by atoms with van der Waals surface area (Å²) >= 11 is 0. The molecule has 2 nitrogen and oxygen atoms in total. The molecule has 1 aliphatic carbocycles. The number of hydrogen-bond acceptors (Lipinski definition) is 2. The second-order valence-electron chi connectivity index (χ2n) is 5.30. The molecule has 0 amide bonds. The summed E-state index contributed by atoms with van der Waals surface area (Å²) in [5.74, 6) is 1.04. The van der Waals surface area contributed by atoms with E-state index in [2.05, 4.69) is 29.2 Å². The fourth-order valence-corrected chi connectivity index (χ4v) is 2.55. The Balaban J connectivity index is 1.55. The van der Waals surface area contributed by atoms with Crippen LogP contribution < -0.4 is 4.74 Å². The van der Waals surface area contributed by atoms with Crippen molar-refractivity contribution in [1.82, 2.24) is 4.90 Å². The zero-order valence-electron chi connectivity index (χ0n) is 10.4. The molecular formula is C15H21NO. The molecule has 1 aromatic rings. The highest BCUT2D eigenvalue weighted by Gasteiger charge is 2.19. The second-order valence-corrected chi connectivity index (χ2v) is 5.30. The summed E-state index contributed by atoms with van der Waals surface area (Å²) in [5.41, 5.74) is 1.41. The molecule has 2 fully saturated rings. The Morgan fingerprint density at radius 1 is 1.00 bits per heavy atom. The van der Waals surface area contributed by atoms with Crippen LogP contribution >= 0.6 is 0 Å². The molecule has 2 heteroatoms. The van der Waals surface area contributed by atoms with Gasteiger partial charge in [0.25, 0.3) is 0 Å². The van der Waals surface area contributed by atoms with Gasteiger partial charge in [-0.05, 0) is 62.9 Å². The molecule has 1 aromatic carbocycles. The fraction of sp³-hybridized carbons (Fsp3) is 0.600. The number of nitrogens with zero attached hydrogens (tertiary/aromatic N) is 1. The summed E-state index contributed by atoms with van der Waals surface area (Å²) in [4.78, 5) is 2.53. The molecule has 1 heterocycles. The van der Waals surface area contributed by atoms with Crippen LogP contribution in [-0.4, -0.2) is 24.1 Å². The fourth-order valence-electron chi connectivity index (χ4n) is 2.55. The van der Waals surface area contributed by atoms with Gasteiger partial charge in [-0.25, -0.2) is 0 Å². The zero-order valence-corrected chi connectivity index (χ0v) is 10.4. The van der Waals surface area contributed by atoms with Gasteiger partial charge in [0.2, 0.25) is 0 Å². The van der Waals surface area contributed by atoms with Crippen LogP contribution in [-0.2, 0) is 6.54 Å². The van der Waals surface area contributed by atoms with Crippen LogP contribution in [0.1, 0.15) is 37.7 Å². The minimum atomic E-state index is 0.486. The van der Waals surface area contributed by atoms with Crippen molar-refractivity contribution in [2.45, 2.75) is 44.8 Å². The summed E-state index contributed by atoms with van der Waals surface area (Å²) in [7, 11) is 0. The van der Waals surface area contributed by atoms with Crippen LogP contribution in [0.5, 0.6) is 5.75 Å². The Kier molecular flexibility index (Phi) is 3.32. The summed E-state index contributed by atoms with van der Waals surface area (Å²) in [6.45, 7) is 3.63. The molecule has 0 unspecified atom stereocenters. The third kappa shape index (κ3) is 2.81. The first-order chi connectivity index (χ1) is 8.40. The van der Waals surface area contributed by atoms with Crippen LogP contribution in [0.25, 0.3) is 0 Å². The SMILES string of the molecule is c1cc(OC2CCC2)ccc1CN1CCCC1. The first kappa shape index (κ1) is 11.1. The van der Waals surface area contributed by atoms with Crippen LogP contribution in [0, 0.1) is 0 Å². The van der Waals surface area contributed by atoms with Crippen LogP contribution in [0.2, 0.25) is 0 Å². The average Bonchev–Trinajstić information content (AvgIpc) is 2.78. The molecule has 0 spiro atoms. The number of hydrogen-bond donors (Lipinski definition) is 0. The highest BCUT2D eigenvalue weighted by molar-refractivity contribution is 5.27. The predicted octanol–water partition coefficient (Wildman–Crippen LogP) is 3.21. The van der Waals surface area contributed by atoms with Gasteiger partial charge in [0.05, 0.1) is 6.10 Å². The highest BCUT2D eigenvalue weighted by Crippen LogP contribution is 2.25. The molecule has 92 valence electrons. The van der Waals surface area contributed by atoms with Crippen molar-refractivity contribution in [3.63, 3.8) is 0 Å². The van der Waals surface area contributed by atoms with Gasteiger partial charge in [-0.3, -0.25) is 4.90 Å². The number of benzene rings is 1. The standard InChI is InChI=1S/C15H21NO/c1-2-11-16(10-1)12-13-6-8-15(9-7-13)17-14-4-3-5-14/h6-9,14H,1-5,10-12H2. The highest BCUT2D eigenvalue weighted by atomic mass is 16.5. The normalized spacial score (nSPS) is 21.4. The van der Waals surface area contributed by atoms with Gasteiger partial charge in [-0.1, -0.05) is 12.1 Å². The summed E-state index contributed by atoms with van der Waals surface area (Å²) in [6.07, 6.45) is 7.01. The van der Waals surface area contributed by atoms with E-state index < -0.39 is 0 Å². The first-order valence-corrected chi connectivity index (χ1v) is 6.88. The van der Waals surface area contributed by atoms with Crippen molar-refractivity contribution >= 4 is 0 Å². The maximum absolute atomic E-state index is 5.86. The van der Waals surface area contributed by atoms with Gasteiger partial charge in [-0.15, -0.1) is 0 Å². The van der Waals surface area contributed by atoms with Crippen molar-refractivity contribution < 1.29 is 4.74 Å². The quantitative estimate of drug-likeness (QED) is 0.789. The van der Waals surface area contributed by atoms with E-state index in [1.165, 1.54) is 50.8 Å². The molecule has 0 bridgehead atoms.